The molecular weight excluding hydrogens is 296 g/mol. The zero-order valence-electron chi connectivity index (χ0n) is 13.0. The van der Waals surface area contributed by atoms with Crippen molar-refractivity contribution in [2.45, 2.75) is 51.6 Å². The Bertz CT molecular complexity index is 417. The third-order valence-electron chi connectivity index (χ3n) is 3.75. The third-order valence-corrected chi connectivity index (χ3v) is 3.75. The first-order valence-corrected chi connectivity index (χ1v) is 7.84. The molecule has 0 heterocycles. The van der Waals surface area contributed by atoms with Gasteiger partial charge in [0.15, 0.2) is 11.6 Å². The van der Waals surface area contributed by atoms with Crippen molar-refractivity contribution in [2.75, 3.05) is 13.3 Å². The summed E-state index contributed by atoms with van der Waals surface area (Å²) in [7, 11) is 0. The van der Waals surface area contributed by atoms with Gasteiger partial charge in [-0.2, -0.15) is 0 Å². The van der Waals surface area contributed by atoms with Crippen LogP contribution in [-0.4, -0.2) is 19.4 Å². The lowest BCUT2D eigenvalue weighted by Gasteiger charge is -2.27. The van der Waals surface area contributed by atoms with Crippen LogP contribution in [0.25, 0.3) is 0 Å². The molecule has 0 spiro atoms. The highest BCUT2D eigenvalue weighted by Gasteiger charge is 2.20. The first-order chi connectivity index (χ1) is 10.6. The normalized spacial score (nSPS) is 21.1. The Morgan fingerprint density at radius 2 is 1.73 bits per heavy atom. The molecule has 0 aromatic heterocycles. The monoisotopic (exact) mass is 320 g/mol. The Labute approximate surface area is 129 Å². The van der Waals surface area contributed by atoms with Crippen LogP contribution >= 0.6 is 0 Å². The first-order valence-electron chi connectivity index (χ1n) is 7.84. The first kappa shape index (κ1) is 18.9. The van der Waals surface area contributed by atoms with Crippen LogP contribution in [0.3, 0.4) is 0 Å². The third kappa shape index (κ3) is 7.25. The fourth-order valence-corrected chi connectivity index (χ4v) is 2.50. The maximum atomic E-state index is 12.0. The minimum atomic E-state index is -1.16. The molecule has 0 unspecified atom stereocenters. The number of rotatable bonds is 5. The summed E-state index contributed by atoms with van der Waals surface area (Å²) >= 11 is 0. The van der Waals surface area contributed by atoms with Gasteiger partial charge in [0.05, 0.1) is 12.8 Å². The molecule has 2 rings (SSSR count). The second-order valence-corrected chi connectivity index (χ2v) is 5.55. The molecule has 1 aromatic carbocycles. The summed E-state index contributed by atoms with van der Waals surface area (Å²) in [5.41, 5.74) is 0. The largest absolute Gasteiger partial charge is 0.378 e. The van der Waals surface area contributed by atoms with E-state index in [2.05, 4.69) is 6.92 Å². The zero-order chi connectivity index (χ0) is 16.4. The molecule has 0 N–H and O–H groups in total. The topological polar surface area (TPSA) is 9.23 Å². The van der Waals surface area contributed by atoms with Crippen LogP contribution in [-0.2, 0) is 4.74 Å². The van der Waals surface area contributed by atoms with Crippen molar-refractivity contribution in [2.24, 2.45) is 5.92 Å². The minimum absolute atomic E-state index is 0.148. The van der Waals surface area contributed by atoms with Crippen molar-refractivity contribution in [1.29, 1.82) is 0 Å². The lowest BCUT2D eigenvalue weighted by atomic mass is 9.85. The van der Waals surface area contributed by atoms with E-state index in [0.29, 0.717) is 18.1 Å². The number of alkyl halides is 1. The lowest BCUT2D eigenvalue weighted by molar-refractivity contribution is 0.0170. The molecule has 0 saturated heterocycles. The quantitative estimate of drug-likeness (QED) is 0.519. The molecule has 0 bridgehead atoms. The van der Waals surface area contributed by atoms with Crippen LogP contribution in [0.1, 0.15) is 45.4 Å². The van der Waals surface area contributed by atoms with E-state index in [4.69, 9.17) is 4.74 Å². The van der Waals surface area contributed by atoms with E-state index < -0.39 is 17.5 Å². The Balaban J connectivity index is 0.000000235. The van der Waals surface area contributed by atoms with Gasteiger partial charge in [-0.3, -0.25) is 4.39 Å². The van der Waals surface area contributed by atoms with Gasteiger partial charge in [0.25, 0.3) is 0 Å². The van der Waals surface area contributed by atoms with Gasteiger partial charge in [-0.25, -0.2) is 13.2 Å². The van der Waals surface area contributed by atoms with Crippen LogP contribution in [0.5, 0.6) is 0 Å². The van der Waals surface area contributed by atoms with Crippen LogP contribution in [0, 0.1) is 23.4 Å². The van der Waals surface area contributed by atoms with Crippen LogP contribution in [0.15, 0.2) is 18.2 Å². The Morgan fingerprint density at radius 3 is 2.23 bits per heavy atom. The number of ether oxygens (including phenoxy) is 1. The number of benzene rings is 1. The highest BCUT2D eigenvalue weighted by atomic mass is 19.2. The van der Waals surface area contributed by atoms with Crippen molar-refractivity contribution in [3.05, 3.63) is 35.7 Å². The summed E-state index contributed by atoms with van der Waals surface area (Å²) in [6.07, 6.45) is 6.95. The average molecular weight is 320 g/mol. The standard InChI is InChI=1S/C11H21FO.C6H3F3/c1-2-9-13-11-5-3-10(4-6-11)7-8-12;7-4-1-2-5(8)6(9)3-4/h10-11H,2-9H2,1H3;1-3H. The SMILES string of the molecule is CCCOC1CCC(CCF)CC1.Fc1ccc(F)c(F)c1. The van der Waals surface area contributed by atoms with Gasteiger partial charge in [-0.05, 0) is 56.6 Å². The molecule has 5 heteroatoms. The number of hydrogen-bond donors (Lipinski definition) is 0. The molecule has 1 fully saturated rings. The smallest absolute Gasteiger partial charge is 0.161 e. The van der Waals surface area contributed by atoms with Crippen LogP contribution in [0.2, 0.25) is 0 Å². The molecule has 1 saturated carbocycles. The van der Waals surface area contributed by atoms with Crippen LogP contribution < -0.4 is 0 Å². The summed E-state index contributed by atoms with van der Waals surface area (Å²) in [6, 6.07) is 2.10. The molecule has 0 radical (unpaired) electrons. The van der Waals surface area contributed by atoms with Gasteiger partial charge in [0.2, 0.25) is 0 Å². The molecule has 0 amide bonds. The molecule has 0 atom stereocenters. The highest BCUT2D eigenvalue weighted by molar-refractivity contribution is 5.07. The minimum Gasteiger partial charge on any atom is -0.378 e. The van der Waals surface area contributed by atoms with E-state index in [1.165, 1.54) is 0 Å². The second-order valence-electron chi connectivity index (χ2n) is 5.55. The van der Waals surface area contributed by atoms with E-state index in [1.807, 2.05) is 0 Å². The van der Waals surface area contributed by atoms with Gasteiger partial charge in [-0.15, -0.1) is 0 Å². The van der Waals surface area contributed by atoms with Crippen molar-refractivity contribution in [3.8, 4) is 0 Å². The van der Waals surface area contributed by atoms with Gasteiger partial charge < -0.3 is 4.74 Å². The summed E-state index contributed by atoms with van der Waals surface area (Å²) in [5, 5.41) is 0. The predicted octanol–water partition coefficient (Wildman–Crippen LogP) is 5.44. The van der Waals surface area contributed by atoms with Gasteiger partial charge in [-0.1, -0.05) is 6.92 Å². The molecule has 1 aromatic rings. The molecule has 1 aliphatic carbocycles. The summed E-state index contributed by atoms with van der Waals surface area (Å²) in [6.45, 7) is 2.87. The fourth-order valence-electron chi connectivity index (χ4n) is 2.50. The van der Waals surface area contributed by atoms with Crippen molar-refractivity contribution in [3.63, 3.8) is 0 Å². The Kier molecular flexibility index (Phi) is 9.13. The lowest BCUT2D eigenvalue weighted by Crippen LogP contribution is -2.22. The molecule has 1 nitrogen and oxygen atoms in total. The van der Waals surface area contributed by atoms with E-state index >= 15 is 0 Å². The molecular formula is C17H24F4O. The predicted molar refractivity (Wildman–Crippen MR) is 78.9 cm³/mol. The number of hydrogen-bond acceptors (Lipinski definition) is 1. The van der Waals surface area contributed by atoms with Gasteiger partial charge in [0, 0.05) is 12.7 Å². The molecule has 0 aliphatic heterocycles. The number of halogens is 4. The van der Waals surface area contributed by atoms with Gasteiger partial charge in [0.1, 0.15) is 5.82 Å². The van der Waals surface area contributed by atoms with E-state index in [-0.39, 0.29) is 6.67 Å². The summed E-state index contributed by atoms with van der Waals surface area (Å²) in [4.78, 5) is 0. The summed E-state index contributed by atoms with van der Waals surface area (Å²) in [5.74, 6) is -2.33. The zero-order valence-corrected chi connectivity index (χ0v) is 13.0. The maximum Gasteiger partial charge on any atom is 0.161 e. The molecule has 22 heavy (non-hydrogen) atoms. The van der Waals surface area contributed by atoms with Crippen molar-refractivity contribution >= 4 is 0 Å². The van der Waals surface area contributed by atoms with Crippen molar-refractivity contribution in [1.82, 2.24) is 0 Å². The fraction of sp³-hybridized carbons (Fsp3) is 0.647. The van der Waals surface area contributed by atoms with E-state index in [0.717, 1.165) is 57.3 Å². The summed E-state index contributed by atoms with van der Waals surface area (Å²) < 4.78 is 53.6. The highest BCUT2D eigenvalue weighted by Crippen LogP contribution is 2.28. The molecule has 1 aliphatic rings. The average Bonchev–Trinajstić information content (AvgIpc) is 2.52. The molecule has 126 valence electrons. The van der Waals surface area contributed by atoms with Crippen molar-refractivity contribution < 1.29 is 22.3 Å². The Morgan fingerprint density at radius 1 is 1.05 bits per heavy atom. The van der Waals surface area contributed by atoms with Crippen LogP contribution in [0.4, 0.5) is 17.6 Å². The van der Waals surface area contributed by atoms with Gasteiger partial charge >= 0.3 is 0 Å². The second kappa shape index (κ2) is 10.6. The van der Waals surface area contributed by atoms with E-state index in [1.54, 1.807) is 0 Å². The van der Waals surface area contributed by atoms with E-state index in [9.17, 15) is 17.6 Å². The Hall–Kier alpha value is -1.10. The maximum absolute atomic E-state index is 12.0.